The van der Waals surface area contributed by atoms with Crippen LogP contribution in [0.25, 0.3) is 0 Å². The van der Waals surface area contributed by atoms with E-state index in [9.17, 15) is 4.21 Å². The van der Waals surface area contributed by atoms with Crippen molar-refractivity contribution in [2.75, 3.05) is 0 Å². The molecule has 0 N–H and O–H groups in total. The van der Waals surface area contributed by atoms with Crippen LogP contribution in [0, 0.1) is 0 Å². The Bertz CT molecular complexity index is 46.8. The van der Waals surface area contributed by atoms with Gasteiger partial charge in [0.1, 0.15) is 0 Å². The minimum atomic E-state index is -1.59. The van der Waals surface area contributed by atoms with Crippen molar-refractivity contribution in [1.29, 1.82) is 0 Å². The molecule has 0 unspecified atom stereocenters. The van der Waals surface area contributed by atoms with E-state index in [1.807, 2.05) is 0 Å². The van der Waals surface area contributed by atoms with Crippen LogP contribution in [-0.4, -0.2) is 36.9 Å². The Labute approximate surface area is 54.9 Å². The van der Waals surface area contributed by atoms with E-state index in [4.69, 9.17) is 0 Å². The number of rotatable bonds is 2. The fourth-order valence-corrected chi connectivity index (χ4v) is 1.10. The molecular weight excluding hydrogens is 238 g/mol. The molecule has 0 aliphatic carbocycles. The van der Waals surface area contributed by atoms with Crippen molar-refractivity contribution in [2.24, 2.45) is 0 Å². The summed E-state index contributed by atoms with van der Waals surface area (Å²) < 4.78 is 18.0. The molecule has 6 heavy (non-hydrogen) atoms. The molecule has 0 aromatic heterocycles. The zero-order valence-electron chi connectivity index (χ0n) is 2.53. The van der Waals surface area contributed by atoms with Crippen molar-refractivity contribution in [3.05, 3.63) is 0 Å². The summed E-state index contributed by atoms with van der Waals surface area (Å²) in [6, 6.07) is 0. The average Bonchev–Trinajstić information content (AvgIpc) is 1.65. The van der Waals surface area contributed by atoms with Crippen LogP contribution < -0.4 is 0 Å². The van der Waals surface area contributed by atoms with Crippen LogP contribution in [0.3, 0.4) is 0 Å². The van der Waals surface area contributed by atoms with Gasteiger partial charge in [0.05, 0.1) is 0 Å². The first-order chi connectivity index (χ1) is 2.81. The van der Waals surface area contributed by atoms with Crippen LogP contribution in [0.5, 0.6) is 0 Å². The Hall–Kier alpha value is 1.11. The molecule has 38 valence electrons. The summed E-state index contributed by atoms with van der Waals surface area (Å²) in [7, 11) is 0. The summed E-state index contributed by atoms with van der Waals surface area (Å²) in [6.07, 6.45) is 0. The van der Waals surface area contributed by atoms with Crippen molar-refractivity contribution in [2.45, 2.75) is 0 Å². The molecule has 0 aromatic carbocycles. The zero-order valence-corrected chi connectivity index (χ0v) is 7.10. The second-order valence-corrected chi connectivity index (χ2v) is 2.94. The Morgan fingerprint density at radius 1 is 1.33 bits per heavy atom. The van der Waals surface area contributed by atoms with Gasteiger partial charge in [-0.15, -0.1) is 0 Å². The van der Waals surface area contributed by atoms with E-state index in [-0.39, 0.29) is 0 Å². The molecule has 0 saturated carbocycles. The van der Waals surface area contributed by atoms with Crippen LogP contribution in [0.4, 0.5) is 0 Å². The van der Waals surface area contributed by atoms with Gasteiger partial charge in [-0.1, -0.05) is 0 Å². The molecule has 0 radical (unpaired) electrons. The summed E-state index contributed by atoms with van der Waals surface area (Å²) in [6.45, 7) is 0. The molecule has 0 spiro atoms. The maximum absolute atomic E-state index is 9.82. The molecule has 0 atom stereocenters. The molecule has 0 rings (SSSR count). The van der Waals surface area contributed by atoms with Crippen LogP contribution in [0.15, 0.2) is 0 Å². The Balaban J connectivity index is 2.99. The van der Waals surface area contributed by atoms with E-state index in [2.05, 4.69) is 6.53 Å². The average molecular weight is 240 g/mol. The monoisotopic (exact) mass is 242 g/mol. The standard InChI is InChI=1S/H2O3SSe2/c1-4(2-5)3-6/h5-6H. The van der Waals surface area contributed by atoms with Gasteiger partial charge >= 0.3 is 54.8 Å². The zero-order chi connectivity index (χ0) is 4.99. The molecule has 3 nitrogen and oxygen atoms in total. The predicted molar refractivity (Wildman–Crippen MR) is 24.6 cm³/mol. The molecule has 0 aromatic rings. The van der Waals surface area contributed by atoms with Gasteiger partial charge in [0.25, 0.3) is 0 Å². The molecule has 0 amide bonds. The van der Waals surface area contributed by atoms with Crippen molar-refractivity contribution in [1.82, 2.24) is 0 Å². The third-order valence-electron chi connectivity index (χ3n) is 0.122. The quantitative estimate of drug-likeness (QED) is 0.536. The molecule has 0 saturated heterocycles. The van der Waals surface area contributed by atoms with Crippen LogP contribution >= 0.6 is 0 Å². The van der Waals surface area contributed by atoms with Gasteiger partial charge in [0, 0.05) is 0 Å². The van der Waals surface area contributed by atoms with Gasteiger partial charge in [-0.25, -0.2) is 0 Å². The number of hydrogen-bond acceptors (Lipinski definition) is 3. The van der Waals surface area contributed by atoms with E-state index in [0.717, 1.165) is 0 Å². The minimum absolute atomic E-state index is 1.59. The van der Waals surface area contributed by atoms with E-state index in [0.29, 0.717) is 0 Å². The second-order valence-electron chi connectivity index (χ2n) is 0.353. The molecule has 0 heterocycles. The SMILES string of the molecule is O=S(O[SeH])O[SeH]. The molecule has 6 heteroatoms. The van der Waals surface area contributed by atoms with E-state index >= 15 is 0 Å². The Morgan fingerprint density at radius 2 is 1.67 bits per heavy atom. The number of hydrogen-bond donors (Lipinski definition) is 0. The van der Waals surface area contributed by atoms with E-state index in [1.165, 1.54) is 0 Å². The summed E-state index contributed by atoms with van der Waals surface area (Å²) in [5, 5.41) is 0. The third kappa shape index (κ3) is 3.30. The van der Waals surface area contributed by atoms with E-state index < -0.39 is 11.4 Å². The predicted octanol–water partition coefficient (Wildman–Crippen LogP) is -1.77. The van der Waals surface area contributed by atoms with Gasteiger partial charge in [0.2, 0.25) is 0 Å². The third-order valence-corrected chi connectivity index (χ3v) is 1.90. The van der Waals surface area contributed by atoms with Crippen LogP contribution in [0.2, 0.25) is 0 Å². The first-order valence-electron chi connectivity index (χ1n) is 0.865. The van der Waals surface area contributed by atoms with Crippen LogP contribution in [-0.2, 0) is 17.9 Å². The first-order valence-corrected chi connectivity index (χ1v) is 3.40. The summed E-state index contributed by atoms with van der Waals surface area (Å²) >= 11 is 1.76. The van der Waals surface area contributed by atoms with E-state index in [1.54, 1.807) is 32.7 Å². The molecule has 0 bridgehead atoms. The van der Waals surface area contributed by atoms with Crippen LogP contribution in [0.1, 0.15) is 0 Å². The van der Waals surface area contributed by atoms with Gasteiger partial charge in [-0.2, -0.15) is 0 Å². The van der Waals surface area contributed by atoms with Crippen molar-refractivity contribution >= 4 is 44.0 Å². The summed E-state index contributed by atoms with van der Waals surface area (Å²) in [4.78, 5) is 0. The molecule has 0 aliphatic rings. The van der Waals surface area contributed by atoms with Gasteiger partial charge in [-0.3, -0.25) is 0 Å². The molecule has 0 aliphatic heterocycles. The topological polar surface area (TPSA) is 35.5 Å². The summed E-state index contributed by atoms with van der Waals surface area (Å²) in [5.74, 6) is 0. The second kappa shape index (κ2) is 4.27. The first kappa shape index (κ1) is 7.11. The van der Waals surface area contributed by atoms with Crippen molar-refractivity contribution in [3.8, 4) is 0 Å². The maximum atomic E-state index is 9.82. The Morgan fingerprint density at radius 3 is 1.67 bits per heavy atom. The molecule has 0 fully saturated rings. The molecular formula is H2O3SSe2. The fourth-order valence-electron chi connectivity index (χ4n) is 0.0136. The fraction of sp³-hybridized carbons (Fsp3) is 0. The van der Waals surface area contributed by atoms with Gasteiger partial charge < -0.3 is 0 Å². The van der Waals surface area contributed by atoms with Crippen molar-refractivity contribution < 1.29 is 10.7 Å². The van der Waals surface area contributed by atoms with Crippen molar-refractivity contribution in [3.63, 3.8) is 0 Å². The van der Waals surface area contributed by atoms with Gasteiger partial charge in [0.15, 0.2) is 0 Å². The Kier molecular flexibility index (Phi) is 5.06. The van der Waals surface area contributed by atoms with Gasteiger partial charge in [-0.05, 0) is 0 Å². The normalized spacial score (nSPS) is 9.83. The summed E-state index contributed by atoms with van der Waals surface area (Å²) in [5.41, 5.74) is 0.